The minimum atomic E-state index is 0.376. The molecular formula is C16H25N3S. The summed E-state index contributed by atoms with van der Waals surface area (Å²) in [5.41, 5.74) is 10.4. The number of nitrogens with zero attached hydrogens (tertiary/aromatic N) is 1. The molecule has 1 aliphatic carbocycles. The Kier molecular flexibility index (Phi) is 3.57. The summed E-state index contributed by atoms with van der Waals surface area (Å²) >= 11 is 5.16. The van der Waals surface area contributed by atoms with Crippen molar-refractivity contribution < 1.29 is 0 Å². The predicted octanol–water partition coefficient (Wildman–Crippen LogP) is 3.43. The Bertz CT molecular complexity index is 547. The smallest absolute Gasteiger partial charge is 0.107 e. The molecule has 0 aromatic carbocycles. The molecule has 0 spiro atoms. The lowest BCUT2D eigenvalue weighted by Crippen LogP contribution is -2.18. The molecule has 2 rings (SSSR count). The van der Waals surface area contributed by atoms with Crippen LogP contribution in [-0.2, 0) is 0 Å². The summed E-state index contributed by atoms with van der Waals surface area (Å²) in [6.07, 6.45) is 0. The molecule has 20 heavy (non-hydrogen) atoms. The number of anilines is 1. The molecule has 1 aromatic heterocycles. The van der Waals surface area contributed by atoms with Gasteiger partial charge < -0.3 is 11.1 Å². The molecule has 1 saturated carbocycles. The van der Waals surface area contributed by atoms with Gasteiger partial charge in [0, 0.05) is 23.6 Å². The molecule has 4 heteroatoms. The summed E-state index contributed by atoms with van der Waals surface area (Å²) in [4.78, 5) is 4.86. The number of nitrogens with two attached hydrogens (primary N) is 1. The van der Waals surface area contributed by atoms with Crippen molar-refractivity contribution in [3.8, 4) is 0 Å². The molecule has 3 N–H and O–H groups in total. The molecule has 0 saturated heterocycles. The van der Waals surface area contributed by atoms with E-state index in [1.54, 1.807) is 0 Å². The van der Waals surface area contributed by atoms with Gasteiger partial charge in [0.15, 0.2) is 0 Å². The predicted molar refractivity (Wildman–Crippen MR) is 89.1 cm³/mol. The van der Waals surface area contributed by atoms with E-state index in [1.807, 2.05) is 19.9 Å². The minimum Gasteiger partial charge on any atom is -0.389 e. The highest BCUT2D eigenvalue weighted by atomic mass is 32.1. The highest BCUT2D eigenvalue weighted by molar-refractivity contribution is 7.80. The van der Waals surface area contributed by atoms with Gasteiger partial charge in [0.25, 0.3) is 0 Å². The van der Waals surface area contributed by atoms with Crippen LogP contribution in [0.2, 0.25) is 0 Å². The standard InChI is InChI=1S/C16H25N3S/c1-9-7-11(13(14(17)20)10(2)19-9)18-8-12-15(3,4)16(12,5)6/h7,12H,8H2,1-6H3,(H2,17,20)(H,18,19). The number of thiocarbonyl (C=S) groups is 1. The quantitative estimate of drug-likeness (QED) is 0.835. The monoisotopic (exact) mass is 291 g/mol. The first-order valence-corrected chi connectivity index (χ1v) is 7.51. The van der Waals surface area contributed by atoms with E-state index in [1.165, 1.54) is 0 Å². The van der Waals surface area contributed by atoms with Crippen LogP contribution in [0.1, 0.15) is 44.6 Å². The van der Waals surface area contributed by atoms with Gasteiger partial charge in [0.05, 0.1) is 5.56 Å². The zero-order chi connectivity index (χ0) is 15.3. The van der Waals surface area contributed by atoms with Crippen molar-refractivity contribution >= 4 is 22.9 Å². The van der Waals surface area contributed by atoms with Gasteiger partial charge in [-0.1, -0.05) is 39.9 Å². The third-order valence-corrected chi connectivity index (χ3v) is 5.60. The number of rotatable bonds is 4. The second-order valence-electron chi connectivity index (χ2n) is 7.01. The van der Waals surface area contributed by atoms with E-state index < -0.39 is 0 Å². The Labute approximate surface area is 127 Å². The van der Waals surface area contributed by atoms with Crippen LogP contribution in [0.4, 0.5) is 5.69 Å². The third kappa shape index (κ3) is 2.30. The van der Waals surface area contributed by atoms with Gasteiger partial charge in [-0.15, -0.1) is 0 Å². The van der Waals surface area contributed by atoms with Gasteiger partial charge in [0.2, 0.25) is 0 Å². The van der Waals surface area contributed by atoms with Crippen LogP contribution in [-0.4, -0.2) is 16.5 Å². The molecule has 0 bridgehead atoms. The largest absolute Gasteiger partial charge is 0.389 e. The first-order valence-electron chi connectivity index (χ1n) is 7.11. The molecule has 3 nitrogen and oxygen atoms in total. The highest BCUT2D eigenvalue weighted by Crippen LogP contribution is 2.68. The number of hydrogen-bond acceptors (Lipinski definition) is 3. The summed E-state index contributed by atoms with van der Waals surface area (Å²) in [6, 6.07) is 2.03. The van der Waals surface area contributed by atoms with Gasteiger partial charge in [-0.2, -0.15) is 0 Å². The van der Waals surface area contributed by atoms with Crippen LogP contribution >= 0.6 is 12.2 Å². The van der Waals surface area contributed by atoms with E-state index in [2.05, 4.69) is 38.0 Å². The normalized spacial score (nSPS) is 19.7. The Hall–Kier alpha value is -1.16. The Balaban J connectivity index is 2.21. The topological polar surface area (TPSA) is 50.9 Å². The van der Waals surface area contributed by atoms with Crippen molar-refractivity contribution in [1.29, 1.82) is 0 Å². The lowest BCUT2D eigenvalue weighted by molar-refractivity contribution is 0.457. The SMILES string of the molecule is Cc1cc(NCC2C(C)(C)C2(C)C)c(C(N)=S)c(C)n1. The van der Waals surface area contributed by atoms with Gasteiger partial charge in [-0.05, 0) is 36.7 Å². The number of aryl methyl sites for hydroxylation is 2. The van der Waals surface area contributed by atoms with Crippen LogP contribution in [0, 0.1) is 30.6 Å². The van der Waals surface area contributed by atoms with Crippen molar-refractivity contribution in [3.05, 3.63) is 23.0 Å². The van der Waals surface area contributed by atoms with Crippen molar-refractivity contribution in [2.24, 2.45) is 22.5 Å². The zero-order valence-electron chi connectivity index (χ0n) is 13.3. The molecule has 110 valence electrons. The number of aromatic nitrogens is 1. The Morgan fingerprint density at radius 3 is 2.30 bits per heavy atom. The van der Waals surface area contributed by atoms with Gasteiger partial charge >= 0.3 is 0 Å². The second kappa shape index (κ2) is 4.69. The lowest BCUT2D eigenvalue weighted by Gasteiger charge is -2.15. The average Bonchev–Trinajstić information content (AvgIpc) is 2.64. The molecule has 0 unspecified atom stereocenters. The summed E-state index contributed by atoms with van der Waals surface area (Å²) < 4.78 is 0. The fraction of sp³-hybridized carbons (Fsp3) is 0.625. The minimum absolute atomic E-state index is 0.376. The maximum Gasteiger partial charge on any atom is 0.107 e. The first kappa shape index (κ1) is 15.2. The van der Waals surface area contributed by atoms with Crippen LogP contribution in [0.15, 0.2) is 6.07 Å². The third-order valence-electron chi connectivity index (χ3n) is 5.39. The van der Waals surface area contributed by atoms with E-state index in [0.29, 0.717) is 21.7 Å². The summed E-state index contributed by atoms with van der Waals surface area (Å²) in [7, 11) is 0. The summed E-state index contributed by atoms with van der Waals surface area (Å²) in [5, 5.41) is 3.54. The Morgan fingerprint density at radius 1 is 1.30 bits per heavy atom. The molecular weight excluding hydrogens is 266 g/mol. The Morgan fingerprint density at radius 2 is 1.85 bits per heavy atom. The number of nitrogens with one attached hydrogen (secondary N) is 1. The molecule has 0 amide bonds. The van der Waals surface area contributed by atoms with Crippen molar-refractivity contribution in [1.82, 2.24) is 4.98 Å². The van der Waals surface area contributed by atoms with E-state index in [0.717, 1.165) is 29.2 Å². The van der Waals surface area contributed by atoms with E-state index in [4.69, 9.17) is 18.0 Å². The summed E-state index contributed by atoms with van der Waals surface area (Å²) in [6.45, 7) is 14.2. The molecule has 1 aromatic rings. The zero-order valence-corrected chi connectivity index (χ0v) is 14.1. The van der Waals surface area contributed by atoms with Crippen LogP contribution < -0.4 is 11.1 Å². The van der Waals surface area contributed by atoms with Crippen molar-refractivity contribution in [3.63, 3.8) is 0 Å². The average molecular weight is 291 g/mol. The molecule has 1 fully saturated rings. The van der Waals surface area contributed by atoms with E-state index in [-0.39, 0.29) is 0 Å². The van der Waals surface area contributed by atoms with Gasteiger partial charge in [-0.25, -0.2) is 0 Å². The molecule has 0 aliphatic heterocycles. The maximum absolute atomic E-state index is 5.85. The summed E-state index contributed by atoms with van der Waals surface area (Å²) in [5.74, 6) is 0.656. The van der Waals surface area contributed by atoms with Crippen molar-refractivity contribution in [2.45, 2.75) is 41.5 Å². The van der Waals surface area contributed by atoms with Crippen LogP contribution in [0.3, 0.4) is 0 Å². The fourth-order valence-corrected chi connectivity index (χ4v) is 3.59. The molecule has 0 radical (unpaired) electrons. The molecule has 0 atom stereocenters. The number of hydrogen-bond donors (Lipinski definition) is 2. The van der Waals surface area contributed by atoms with Gasteiger partial charge in [0.1, 0.15) is 4.99 Å². The molecule has 1 heterocycles. The first-order chi connectivity index (χ1) is 9.09. The van der Waals surface area contributed by atoms with E-state index >= 15 is 0 Å². The van der Waals surface area contributed by atoms with Crippen molar-refractivity contribution in [2.75, 3.05) is 11.9 Å². The lowest BCUT2D eigenvalue weighted by atomic mass is 10.0. The number of pyridine rings is 1. The fourth-order valence-electron chi connectivity index (χ4n) is 3.33. The van der Waals surface area contributed by atoms with E-state index in [9.17, 15) is 0 Å². The molecule has 1 aliphatic rings. The van der Waals surface area contributed by atoms with Crippen LogP contribution in [0.25, 0.3) is 0 Å². The van der Waals surface area contributed by atoms with Gasteiger partial charge in [-0.3, -0.25) is 4.98 Å². The maximum atomic E-state index is 5.85. The second-order valence-corrected chi connectivity index (χ2v) is 7.45. The highest BCUT2D eigenvalue weighted by Gasteiger charge is 2.64. The van der Waals surface area contributed by atoms with Crippen LogP contribution in [0.5, 0.6) is 0 Å².